The first-order chi connectivity index (χ1) is 9.47. The van der Waals surface area contributed by atoms with Crippen molar-refractivity contribution in [2.24, 2.45) is 0 Å². The zero-order chi connectivity index (χ0) is 14.7. The van der Waals surface area contributed by atoms with Gasteiger partial charge in [-0.15, -0.1) is 12.4 Å². The molecule has 0 bridgehead atoms. The molecule has 7 nitrogen and oxygen atoms in total. The Labute approximate surface area is 128 Å². The molecule has 0 saturated carbocycles. The summed E-state index contributed by atoms with van der Waals surface area (Å²) in [6.45, 7) is 1.75. The van der Waals surface area contributed by atoms with Crippen molar-refractivity contribution in [2.75, 3.05) is 20.1 Å². The highest BCUT2D eigenvalue weighted by Crippen LogP contribution is 2.36. The molecule has 0 amide bonds. The molecule has 0 spiro atoms. The quantitative estimate of drug-likeness (QED) is 0.399. The third-order valence-electron chi connectivity index (χ3n) is 3.56. The number of nitrogens with zero attached hydrogens (tertiary/aromatic N) is 2. The smallest absolute Gasteiger partial charge is 0.449 e. The van der Waals surface area contributed by atoms with Gasteiger partial charge in [0, 0.05) is 17.7 Å². The molecule has 1 N–H and O–H groups in total. The van der Waals surface area contributed by atoms with Crippen LogP contribution in [-0.2, 0) is 0 Å². The van der Waals surface area contributed by atoms with Crippen LogP contribution in [0.3, 0.4) is 0 Å². The fraction of sp³-hybridized carbons (Fsp3) is 0.462. The highest BCUT2D eigenvalue weighted by molar-refractivity contribution is 5.85. The van der Waals surface area contributed by atoms with E-state index >= 15 is 0 Å². The summed E-state index contributed by atoms with van der Waals surface area (Å²) in [6, 6.07) is 4.05. The third kappa shape index (κ3) is 4.30. The van der Waals surface area contributed by atoms with Gasteiger partial charge in [0.05, 0.1) is 4.92 Å². The van der Waals surface area contributed by atoms with Crippen molar-refractivity contribution in [3.05, 3.63) is 33.9 Å². The lowest BCUT2D eigenvalue weighted by molar-refractivity contribution is -0.385. The number of hydrogen-bond donors (Lipinski definition) is 1. The summed E-state index contributed by atoms with van der Waals surface area (Å²) in [4.78, 5) is 23.3. The van der Waals surface area contributed by atoms with Crippen molar-refractivity contribution < 1.29 is 19.6 Å². The Balaban J connectivity index is 0.00000220. The van der Waals surface area contributed by atoms with Crippen LogP contribution in [0.1, 0.15) is 24.3 Å². The summed E-state index contributed by atoms with van der Waals surface area (Å²) in [7, 11) is 2.01. The number of nitro benzene ring substituents is 1. The summed E-state index contributed by atoms with van der Waals surface area (Å²) in [5.41, 5.74) is 0.561. The normalized spacial score (nSPS) is 16.0. The van der Waals surface area contributed by atoms with Crippen LogP contribution in [0, 0.1) is 10.1 Å². The van der Waals surface area contributed by atoms with E-state index in [4.69, 9.17) is 9.84 Å². The van der Waals surface area contributed by atoms with Gasteiger partial charge >= 0.3 is 6.16 Å². The van der Waals surface area contributed by atoms with Crippen LogP contribution in [0.5, 0.6) is 5.75 Å². The molecule has 1 aromatic rings. The van der Waals surface area contributed by atoms with Gasteiger partial charge in [-0.2, -0.15) is 0 Å². The molecule has 1 aliphatic rings. The summed E-state index contributed by atoms with van der Waals surface area (Å²) in [5, 5.41) is 19.6. The van der Waals surface area contributed by atoms with Crippen molar-refractivity contribution in [2.45, 2.75) is 18.8 Å². The second-order valence-corrected chi connectivity index (χ2v) is 4.92. The minimum Gasteiger partial charge on any atom is -0.449 e. The molecule has 2 rings (SSSR count). The fourth-order valence-electron chi connectivity index (χ4n) is 2.48. The molecular weight excluding hydrogens is 300 g/mol. The van der Waals surface area contributed by atoms with Gasteiger partial charge in [0.25, 0.3) is 5.69 Å². The second kappa shape index (κ2) is 7.24. The standard InChI is InChI=1S/C13H16N2O5.ClH/c1-14-6-4-9(5-7-14)11-8-10(15(18)19)2-3-12(11)20-13(16)17;/h2-3,8-9H,4-7H2,1H3,(H,16,17);1H. The molecule has 0 atom stereocenters. The maximum Gasteiger partial charge on any atom is 0.511 e. The lowest BCUT2D eigenvalue weighted by atomic mass is 9.88. The highest BCUT2D eigenvalue weighted by atomic mass is 35.5. The number of benzene rings is 1. The van der Waals surface area contributed by atoms with E-state index < -0.39 is 11.1 Å². The van der Waals surface area contributed by atoms with Gasteiger partial charge in [0.15, 0.2) is 0 Å². The Morgan fingerprint density at radius 2 is 2.05 bits per heavy atom. The largest absolute Gasteiger partial charge is 0.511 e. The van der Waals surface area contributed by atoms with Crippen molar-refractivity contribution in [1.82, 2.24) is 4.90 Å². The topological polar surface area (TPSA) is 92.9 Å². The van der Waals surface area contributed by atoms with Crippen LogP contribution in [0.2, 0.25) is 0 Å². The molecule has 1 heterocycles. The van der Waals surface area contributed by atoms with E-state index in [1.54, 1.807) is 0 Å². The summed E-state index contributed by atoms with van der Waals surface area (Å²) in [5.74, 6) is 0.276. The fourth-order valence-corrected chi connectivity index (χ4v) is 2.48. The maximum absolute atomic E-state index is 10.9. The molecule has 116 valence electrons. The van der Waals surface area contributed by atoms with E-state index in [9.17, 15) is 14.9 Å². The predicted octanol–water partition coefficient (Wildman–Crippen LogP) is 2.88. The van der Waals surface area contributed by atoms with Crippen LogP contribution in [0.15, 0.2) is 18.2 Å². The van der Waals surface area contributed by atoms with Crippen LogP contribution >= 0.6 is 12.4 Å². The number of non-ortho nitro benzene ring substituents is 1. The highest BCUT2D eigenvalue weighted by Gasteiger charge is 2.24. The number of carboxylic acid groups (broad SMARTS) is 1. The Morgan fingerprint density at radius 1 is 1.43 bits per heavy atom. The molecule has 0 radical (unpaired) electrons. The number of halogens is 1. The lowest BCUT2D eigenvalue weighted by Gasteiger charge is -2.29. The molecule has 8 heteroatoms. The molecular formula is C13H17ClN2O5. The minimum absolute atomic E-state index is 0. The molecule has 1 aliphatic heterocycles. The zero-order valence-electron chi connectivity index (χ0n) is 11.5. The van der Waals surface area contributed by atoms with Crippen molar-refractivity contribution in [3.63, 3.8) is 0 Å². The Morgan fingerprint density at radius 3 is 2.57 bits per heavy atom. The van der Waals surface area contributed by atoms with Gasteiger partial charge in [0.1, 0.15) is 5.75 Å². The number of ether oxygens (including phenoxy) is 1. The van der Waals surface area contributed by atoms with Gasteiger partial charge in [-0.1, -0.05) is 0 Å². The number of likely N-dealkylation sites (tertiary alicyclic amines) is 1. The first-order valence-electron chi connectivity index (χ1n) is 6.35. The van der Waals surface area contributed by atoms with Gasteiger partial charge in [-0.25, -0.2) is 4.79 Å². The SMILES string of the molecule is CN1CCC(c2cc([N+](=O)[O-])ccc2OC(=O)O)CC1.Cl. The third-order valence-corrected chi connectivity index (χ3v) is 3.56. The molecule has 0 aromatic heterocycles. The van der Waals surface area contributed by atoms with Crippen LogP contribution in [-0.4, -0.2) is 41.2 Å². The number of nitro groups is 1. The second-order valence-electron chi connectivity index (χ2n) is 4.92. The first-order valence-corrected chi connectivity index (χ1v) is 6.35. The van der Waals surface area contributed by atoms with Gasteiger partial charge in [-0.05, 0) is 45.0 Å². The van der Waals surface area contributed by atoms with Crippen molar-refractivity contribution >= 4 is 24.2 Å². The van der Waals surface area contributed by atoms with Crippen molar-refractivity contribution in [3.8, 4) is 5.75 Å². The van der Waals surface area contributed by atoms with Crippen LogP contribution < -0.4 is 4.74 Å². The Kier molecular flexibility index (Phi) is 5.92. The molecule has 21 heavy (non-hydrogen) atoms. The zero-order valence-corrected chi connectivity index (χ0v) is 12.3. The van der Waals surface area contributed by atoms with E-state index in [0.717, 1.165) is 25.9 Å². The summed E-state index contributed by atoms with van der Waals surface area (Å²) in [6.07, 6.45) is 0.245. The average molecular weight is 317 g/mol. The Bertz CT molecular complexity index is 529. The predicted molar refractivity (Wildman–Crippen MR) is 78.5 cm³/mol. The molecule has 1 saturated heterocycles. The van der Waals surface area contributed by atoms with E-state index in [1.807, 2.05) is 7.05 Å². The molecule has 0 unspecified atom stereocenters. The lowest BCUT2D eigenvalue weighted by Crippen LogP contribution is -2.29. The minimum atomic E-state index is -1.41. The first kappa shape index (κ1) is 17.2. The van der Waals surface area contributed by atoms with Gasteiger partial charge in [-0.3, -0.25) is 10.1 Å². The summed E-state index contributed by atoms with van der Waals surface area (Å²) >= 11 is 0. The van der Waals surface area contributed by atoms with E-state index in [0.29, 0.717) is 5.56 Å². The van der Waals surface area contributed by atoms with E-state index in [1.165, 1.54) is 18.2 Å². The monoisotopic (exact) mass is 316 g/mol. The van der Waals surface area contributed by atoms with Crippen molar-refractivity contribution in [1.29, 1.82) is 0 Å². The van der Waals surface area contributed by atoms with Crippen LogP contribution in [0.25, 0.3) is 0 Å². The number of carbonyl (C=O) groups is 1. The van der Waals surface area contributed by atoms with E-state index in [-0.39, 0.29) is 29.8 Å². The number of hydrogen-bond acceptors (Lipinski definition) is 5. The van der Waals surface area contributed by atoms with Crippen LogP contribution in [0.4, 0.5) is 10.5 Å². The molecule has 0 aliphatic carbocycles. The van der Waals surface area contributed by atoms with E-state index in [2.05, 4.69) is 4.90 Å². The number of rotatable bonds is 3. The maximum atomic E-state index is 10.9. The summed E-state index contributed by atoms with van der Waals surface area (Å²) < 4.78 is 4.74. The van der Waals surface area contributed by atoms with Gasteiger partial charge in [0.2, 0.25) is 0 Å². The Hall–Kier alpha value is -1.86. The molecule has 1 fully saturated rings. The average Bonchev–Trinajstić information content (AvgIpc) is 2.39. The van der Waals surface area contributed by atoms with Gasteiger partial charge < -0.3 is 14.7 Å². The molecule has 1 aromatic carbocycles. The number of piperidine rings is 1.